The quantitative estimate of drug-likeness (QED) is 0.561. The minimum Gasteiger partial charge on any atom is -0.356 e. The maximum Gasteiger partial charge on any atom is 0.258 e. The molecule has 146 valence electrons. The van der Waals surface area contributed by atoms with Crippen LogP contribution in [0, 0.1) is 0 Å². The highest BCUT2D eigenvalue weighted by atomic mass is 16.1. The number of amides is 1. The lowest BCUT2D eigenvalue weighted by atomic mass is 10.2. The van der Waals surface area contributed by atoms with Crippen LogP contribution in [-0.4, -0.2) is 40.9 Å². The van der Waals surface area contributed by atoms with Crippen molar-refractivity contribution in [2.24, 2.45) is 0 Å². The molecule has 1 amide bonds. The molecular weight excluding hydrogens is 352 g/mol. The zero-order chi connectivity index (χ0) is 19.8. The van der Waals surface area contributed by atoms with Gasteiger partial charge in [0.2, 0.25) is 5.91 Å². The predicted octanol–water partition coefficient (Wildman–Crippen LogP) is 2.49. The number of H-pyrrole nitrogens is 1. The number of carbonyl (C=O) groups is 1. The van der Waals surface area contributed by atoms with Crippen LogP contribution in [0.4, 0.5) is 0 Å². The average Bonchev–Trinajstić information content (AvgIpc) is 2.70. The van der Waals surface area contributed by atoms with Crippen LogP contribution in [0.15, 0.2) is 59.4 Å². The van der Waals surface area contributed by atoms with Gasteiger partial charge in [0.05, 0.1) is 10.9 Å². The van der Waals surface area contributed by atoms with Crippen LogP contribution in [0.5, 0.6) is 0 Å². The molecule has 0 bridgehead atoms. The first kappa shape index (κ1) is 19.8. The highest BCUT2D eigenvalue weighted by Crippen LogP contribution is 2.06. The molecule has 0 aliphatic heterocycles. The van der Waals surface area contributed by atoms with Crippen molar-refractivity contribution in [3.8, 4) is 0 Å². The second-order valence-corrected chi connectivity index (χ2v) is 6.96. The first-order valence-electron chi connectivity index (χ1n) is 9.59. The summed E-state index contributed by atoms with van der Waals surface area (Å²) in [5.41, 5.74) is 1.77. The van der Waals surface area contributed by atoms with E-state index in [9.17, 15) is 9.59 Å². The van der Waals surface area contributed by atoms with Crippen LogP contribution >= 0.6 is 0 Å². The highest BCUT2D eigenvalue weighted by Gasteiger charge is 2.07. The number of aromatic nitrogens is 2. The van der Waals surface area contributed by atoms with Crippen LogP contribution in [-0.2, 0) is 17.8 Å². The van der Waals surface area contributed by atoms with Gasteiger partial charge in [0.25, 0.3) is 5.56 Å². The van der Waals surface area contributed by atoms with E-state index in [0.29, 0.717) is 36.1 Å². The van der Waals surface area contributed by atoms with Crippen LogP contribution in [0.3, 0.4) is 0 Å². The number of hydrogen-bond donors (Lipinski definition) is 2. The molecule has 0 aliphatic carbocycles. The van der Waals surface area contributed by atoms with Crippen molar-refractivity contribution in [1.29, 1.82) is 0 Å². The molecule has 6 heteroatoms. The van der Waals surface area contributed by atoms with Crippen molar-refractivity contribution in [1.82, 2.24) is 20.2 Å². The normalized spacial score (nSPS) is 11.1. The number of nitrogens with zero attached hydrogens (tertiary/aromatic N) is 2. The van der Waals surface area contributed by atoms with Gasteiger partial charge in [0.1, 0.15) is 5.82 Å². The fourth-order valence-corrected chi connectivity index (χ4v) is 3.12. The minimum atomic E-state index is -0.164. The highest BCUT2D eigenvalue weighted by molar-refractivity contribution is 5.78. The SMILES string of the molecule is CN(CCCNC(=O)CCc1nc2ccccc2c(=O)[nH]1)Cc1ccccc1. The third kappa shape index (κ3) is 5.76. The number of aromatic amines is 1. The Kier molecular flexibility index (Phi) is 6.92. The zero-order valence-electron chi connectivity index (χ0n) is 16.1. The Balaban J connectivity index is 1.37. The molecule has 0 radical (unpaired) electrons. The molecule has 0 aliphatic rings. The number of para-hydroxylation sites is 1. The minimum absolute atomic E-state index is 0.0264. The van der Waals surface area contributed by atoms with E-state index in [2.05, 4.69) is 39.4 Å². The number of carbonyl (C=O) groups excluding carboxylic acids is 1. The van der Waals surface area contributed by atoms with Gasteiger partial charge in [0, 0.05) is 25.9 Å². The summed E-state index contributed by atoms with van der Waals surface area (Å²) in [6.45, 7) is 2.45. The molecule has 1 heterocycles. The Bertz CT molecular complexity index is 969. The van der Waals surface area contributed by atoms with E-state index < -0.39 is 0 Å². The Morgan fingerprint density at radius 3 is 2.68 bits per heavy atom. The van der Waals surface area contributed by atoms with Gasteiger partial charge < -0.3 is 15.2 Å². The van der Waals surface area contributed by atoms with Gasteiger partial charge in [-0.25, -0.2) is 4.98 Å². The van der Waals surface area contributed by atoms with E-state index in [0.717, 1.165) is 19.5 Å². The summed E-state index contributed by atoms with van der Waals surface area (Å²) >= 11 is 0. The fraction of sp³-hybridized carbons (Fsp3) is 0.318. The maximum absolute atomic E-state index is 12.1. The summed E-state index contributed by atoms with van der Waals surface area (Å²) in [4.78, 5) is 33.5. The summed E-state index contributed by atoms with van der Waals surface area (Å²) in [6, 6.07) is 17.5. The molecule has 28 heavy (non-hydrogen) atoms. The van der Waals surface area contributed by atoms with Crippen LogP contribution in [0.1, 0.15) is 24.2 Å². The lowest BCUT2D eigenvalue weighted by molar-refractivity contribution is -0.121. The van der Waals surface area contributed by atoms with Gasteiger partial charge in [-0.05, 0) is 37.7 Å². The monoisotopic (exact) mass is 378 g/mol. The third-order valence-electron chi connectivity index (χ3n) is 4.58. The van der Waals surface area contributed by atoms with Gasteiger partial charge in [0.15, 0.2) is 0 Å². The molecule has 0 saturated heterocycles. The number of nitrogens with one attached hydrogen (secondary N) is 2. The smallest absolute Gasteiger partial charge is 0.258 e. The standard InChI is InChI=1S/C22H26N4O2/c1-26(16-17-8-3-2-4-9-17)15-7-14-23-21(27)13-12-20-24-19-11-6-5-10-18(19)22(28)25-20/h2-6,8-11H,7,12-16H2,1H3,(H,23,27)(H,24,25,28). The van der Waals surface area contributed by atoms with Crippen LogP contribution < -0.4 is 10.9 Å². The van der Waals surface area contributed by atoms with E-state index in [1.807, 2.05) is 30.3 Å². The first-order chi connectivity index (χ1) is 13.6. The summed E-state index contributed by atoms with van der Waals surface area (Å²) in [5, 5.41) is 3.50. The Morgan fingerprint density at radius 1 is 1.11 bits per heavy atom. The largest absolute Gasteiger partial charge is 0.356 e. The fourth-order valence-electron chi connectivity index (χ4n) is 3.12. The van der Waals surface area contributed by atoms with Gasteiger partial charge in [-0.1, -0.05) is 42.5 Å². The van der Waals surface area contributed by atoms with E-state index in [1.54, 1.807) is 12.1 Å². The maximum atomic E-state index is 12.1. The second-order valence-electron chi connectivity index (χ2n) is 6.96. The summed E-state index contributed by atoms with van der Waals surface area (Å²) < 4.78 is 0. The van der Waals surface area contributed by atoms with Crippen LogP contribution in [0.2, 0.25) is 0 Å². The van der Waals surface area contributed by atoms with Crippen molar-refractivity contribution in [2.45, 2.75) is 25.8 Å². The number of rotatable bonds is 9. The zero-order valence-corrected chi connectivity index (χ0v) is 16.1. The molecular formula is C22H26N4O2. The molecule has 2 N–H and O–H groups in total. The molecule has 3 rings (SSSR count). The van der Waals surface area contributed by atoms with Gasteiger partial charge in [-0.3, -0.25) is 9.59 Å². The summed E-state index contributed by atoms with van der Waals surface area (Å²) in [6.07, 6.45) is 1.61. The van der Waals surface area contributed by atoms with Crippen molar-refractivity contribution in [3.63, 3.8) is 0 Å². The number of benzene rings is 2. The third-order valence-corrected chi connectivity index (χ3v) is 4.58. The number of aryl methyl sites for hydroxylation is 1. The topological polar surface area (TPSA) is 78.1 Å². The van der Waals surface area contributed by atoms with Gasteiger partial charge in [-0.15, -0.1) is 0 Å². The number of fused-ring (bicyclic) bond motifs is 1. The van der Waals surface area contributed by atoms with Gasteiger partial charge in [-0.2, -0.15) is 0 Å². The lowest BCUT2D eigenvalue weighted by Gasteiger charge is -2.16. The first-order valence-corrected chi connectivity index (χ1v) is 9.59. The molecule has 0 unspecified atom stereocenters. The second kappa shape index (κ2) is 9.80. The molecule has 1 aromatic heterocycles. The van der Waals surface area contributed by atoms with Crippen molar-refractivity contribution in [3.05, 3.63) is 76.3 Å². The molecule has 0 spiro atoms. The Labute approximate surface area is 164 Å². The van der Waals surface area contributed by atoms with Gasteiger partial charge >= 0.3 is 0 Å². The van der Waals surface area contributed by atoms with E-state index in [1.165, 1.54) is 5.56 Å². The van der Waals surface area contributed by atoms with E-state index in [-0.39, 0.29) is 11.5 Å². The average molecular weight is 378 g/mol. The van der Waals surface area contributed by atoms with E-state index in [4.69, 9.17) is 0 Å². The Morgan fingerprint density at radius 2 is 1.86 bits per heavy atom. The number of hydrogen-bond acceptors (Lipinski definition) is 4. The molecule has 0 fully saturated rings. The van der Waals surface area contributed by atoms with Crippen molar-refractivity contribution >= 4 is 16.8 Å². The molecule has 0 atom stereocenters. The lowest BCUT2D eigenvalue weighted by Crippen LogP contribution is -2.28. The Hall–Kier alpha value is -2.99. The molecule has 0 saturated carbocycles. The molecule has 3 aromatic rings. The molecule has 6 nitrogen and oxygen atoms in total. The van der Waals surface area contributed by atoms with Crippen molar-refractivity contribution in [2.75, 3.05) is 20.1 Å². The molecule has 2 aromatic carbocycles. The summed E-state index contributed by atoms with van der Waals surface area (Å²) in [5.74, 6) is 0.517. The van der Waals surface area contributed by atoms with E-state index >= 15 is 0 Å². The van der Waals surface area contributed by atoms with Crippen molar-refractivity contribution < 1.29 is 4.79 Å². The predicted molar refractivity (Wildman–Crippen MR) is 111 cm³/mol. The summed E-state index contributed by atoms with van der Waals surface area (Å²) in [7, 11) is 2.08. The van der Waals surface area contributed by atoms with Crippen LogP contribution in [0.25, 0.3) is 10.9 Å².